The number of nitrogens with two attached hydrogens (primary N) is 1. The number of carbonyl (C=O) groups is 1. The van der Waals surface area contributed by atoms with Crippen LogP contribution >= 0.6 is 12.6 Å². The predicted octanol–water partition coefficient (Wildman–Crippen LogP) is 1.19. The molecule has 0 aliphatic rings. The number of nitrogens with zero attached hydrogens (tertiary/aromatic N) is 1. The molecule has 0 radical (unpaired) electrons. The Balaban J connectivity index is 2.69. The first-order valence-corrected chi connectivity index (χ1v) is 7.03. The maximum atomic E-state index is 11.3. The third kappa shape index (κ3) is 2.65. The number of hydrogen-bond acceptors (Lipinski definition) is 4. The van der Waals surface area contributed by atoms with Gasteiger partial charge in [0.25, 0.3) is 0 Å². The Kier molecular flexibility index (Phi) is 3.40. The molecule has 0 saturated carbocycles. The fraction of sp³-hybridized carbons (Fsp3) is 0. The average Bonchev–Trinajstić information content (AvgIpc) is 2.74. The zero-order valence-electron chi connectivity index (χ0n) is 9.52. The normalized spacial score (nSPS) is 11.5. The van der Waals surface area contributed by atoms with Crippen LogP contribution in [0.3, 0.4) is 0 Å². The van der Waals surface area contributed by atoms with E-state index in [2.05, 4.69) is 12.6 Å². The summed E-state index contributed by atoms with van der Waals surface area (Å²) in [6.07, 6.45) is 1.11. The molecule has 0 unspecified atom stereocenters. The standard InChI is InChI=1S/C11H10N2O4S2/c12-19(16,17)13-6-5-9(10(13)11(14)15)7-1-3-8(18)4-2-7/h1-6,18H,(H,14,15)(H2,12,16,17). The maximum Gasteiger partial charge on any atom is 0.354 e. The van der Waals surface area contributed by atoms with E-state index in [4.69, 9.17) is 10.2 Å². The third-order valence-electron chi connectivity index (χ3n) is 2.51. The minimum absolute atomic E-state index is 0.273. The van der Waals surface area contributed by atoms with Gasteiger partial charge in [0.05, 0.1) is 0 Å². The molecule has 0 amide bonds. The van der Waals surface area contributed by atoms with E-state index in [9.17, 15) is 13.2 Å². The highest BCUT2D eigenvalue weighted by Crippen LogP contribution is 2.26. The summed E-state index contributed by atoms with van der Waals surface area (Å²) in [4.78, 5) is 11.9. The van der Waals surface area contributed by atoms with Gasteiger partial charge in [0.1, 0.15) is 0 Å². The molecule has 1 heterocycles. The predicted molar refractivity (Wildman–Crippen MR) is 72.6 cm³/mol. The molecule has 0 saturated heterocycles. The van der Waals surface area contributed by atoms with Gasteiger partial charge in [-0.25, -0.2) is 13.9 Å². The molecule has 1 aromatic heterocycles. The molecule has 100 valence electrons. The van der Waals surface area contributed by atoms with Crippen LogP contribution < -0.4 is 5.14 Å². The van der Waals surface area contributed by atoms with Crippen molar-refractivity contribution >= 4 is 28.8 Å². The lowest BCUT2D eigenvalue weighted by Gasteiger charge is -2.05. The number of aromatic carboxylic acids is 1. The van der Waals surface area contributed by atoms with E-state index < -0.39 is 21.9 Å². The molecule has 0 aliphatic carbocycles. The van der Waals surface area contributed by atoms with Crippen molar-refractivity contribution in [2.45, 2.75) is 4.90 Å². The van der Waals surface area contributed by atoms with E-state index in [0.717, 1.165) is 6.20 Å². The van der Waals surface area contributed by atoms with Gasteiger partial charge in [-0.2, -0.15) is 8.42 Å². The van der Waals surface area contributed by atoms with E-state index in [1.165, 1.54) is 6.07 Å². The van der Waals surface area contributed by atoms with E-state index in [0.29, 0.717) is 14.4 Å². The monoisotopic (exact) mass is 298 g/mol. The number of carboxylic acids is 1. The smallest absolute Gasteiger partial charge is 0.354 e. The fourth-order valence-electron chi connectivity index (χ4n) is 1.71. The van der Waals surface area contributed by atoms with Gasteiger partial charge in [-0.05, 0) is 23.8 Å². The summed E-state index contributed by atoms with van der Waals surface area (Å²) < 4.78 is 23.2. The van der Waals surface area contributed by atoms with Crippen LogP contribution in [-0.4, -0.2) is 23.5 Å². The maximum absolute atomic E-state index is 11.3. The summed E-state index contributed by atoms with van der Waals surface area (Å²) >= 11 is 4.12. The Labute approximate surface area is 115 Å². The largest absolute Gasteiger partial charge is 0.477 e. The molecule has 0 spiro atoms. The van der Waals surface area contributed by atoms with Crippen LogP contribution in [0.15, 0.2) is 41.4 Å². The Morgan fingerprint density at radius 3 is 2.26 bits per heavy atom. The Hall–Kier alpha value is -1.77. The minimum Gasteiger partial charge on any atom is -0.477 e. The SMILES string of the molecule is NS(=O)(=O)n1ccc(-c2ccc(S)cc2)c1C(=O)O. The Bertz CT molecular complexity index is 733. The van der Waals surface area contributed by atoms with Crippen LogP contribution in [0.5, 0.6) is 0 Å². The number of carboxylic acid groups (broad SMARTS) is 1. The first kappa shape index (κ1) is 13.7. The quantitative estimate of drug-likeness (QED) is 0.741. The van der Waals surface area contributed by atoms with Crippen molar-refractivity contribution in [3.8, 4) is 11.1 Å². The van der Waals surface area contributed by atoms with Crippen molar-refractivity contribution in [1.29, 1.82) is 0 Å². The highest BCUT2D eigenvalue weighted by molar-refractivity contribution is 7.87. The number of benzene rings is 1. The second-order valence-electron chi connectivity index (χ2n) is 3.77. The number of aromatic nitrogens is 1. The zero-order valence-corrected chi connectivity index (χ0v) is 11.2. The van der Waals surface area contributed by atoms with Gasteiger partial charge in [-0.15, -0.1) is 12.6 Å². The number of rotatable bonds is 3. The summed E-state index contributed by atoms with van der Waals surface area (Å²) in [5, 5.41) is 14.1. The van der Waals surface area contributed by atoms with Gasteiger partial charge in [0, 0.05) is 16.7 Å². The number of thiol groups is 1. The van der Waals surface area contributed by atoms with E-state index >= 15 is 0 Å². The zero-order chi connectivity index (χ0) is 14.2. The number of hydrogen-bond donors (Lipinski definition) is 3. The summed E-state index contributed by atoms with van der Waals surface area (Å²) in [6.45, 7) is 0. The van der Waals surface area contributed by atoms with Gasteiger partial charge in [-0.1, -0.05) is 12.1 Å². The van der Waals surface area contributed by atoms with Crippen molar-refractivity contribution in [3.05, 3.63) is 42.2 Å². The molecule has 6 nitrogen and oxygen atoms in total. The van der Waals surface area contributed by atoms with Crippen LogP contribution in [0.4, 0.5) is 0 Å². The van der Waals surface area contributed by atoms with Crippen molar-refractivity contribution in [2.24, 2.45) is 5.14 Å². The fourth-order valence-corrected chi connectivity index (χ4v) is 2.52. The Morgan fingerprint density at radius 1 is 1.21 bits per heavy atom. The third-order valence-corrected chi connectivity index (χ3v) is 3.66. The van der Waals surface area contributed by atoms with Gasteiger partial charge >= 0.3 is 16.2 Å². The molecule has 0 atom stereocenters. The Morgan fingerprint density at radius 2 is 1.79 bits per heavy atom. The molecular weight excluding hydrogens is 288 g/mol. The highest BCUT2D eigenvalue weighted by atomic mass is 32.2. The van der Waals surface area contributed by atoms with Gasteiger partial charge in [0.2, 0.25) is 0 Å². The molecule has 1 aromatic carbocycles. The van der Waals surface area contributed by atoms with E-state index in [-0.39, 0.29) is 5.56 Å². The summed E-state index contributed by atoms with van der Waals surface area (Å²) in [6, 6.07) is 8.05. The van der Waals surface area contributed by atoms with Gasteiger partial charge in [0.15, 0.2) is 5.69 Å². The lowest BCUT2D eigenvalue weighted by Crippen LogP contribution is -2.24. The second-order valence-corrected chi connectivity index (χ2v) is 5.71. The second kappa shape index (κ2) is 4.72. The lowest BCUT2D eigenvalue weighted by atomic mass is 10.1. The molecule has 2 rings (SSSR count). The minimum atomic E-state index is -4.15. The summed E-state index contributed by atoms with van der Waals surface area (Å²) in [7, 11) is -4.15. The highest BCUT2D eigenvalue weighted by Gasteiger charge is 2.22. The van der Waals surface area contributed by atoms with Crippen LogP contribution in [0.2, 0.25) is 0 Å². The lowest BCUT2D eigenvalue weighted by molar-refractivity contribution is 0.0690. The summed E-state index contributed by atoms with van der Waals surface area (Å²) in [5.74, 6) is -1.37. The van der Waals surface area contributed by atoms with Gasteiger partial charge < -0.3 is 5.11 Å². The first-order valence-electron chi connectivity index (χ1n) is 5.08. The van der Waals surface area contributed by atoms with Crippen molar-refractivity contribution in [3.63, 3.8) is 0 Å². The van der Waals surface area contributed by atoms with Crippen LogP contribution in [0.25, 0.3) is 11.1 Å². The molecule has 0 fully saturated rings. The molecule has 0 aliphatic heterocycles. The van der Waals surface area contributed by atoms with Crippen LogP contribution in [0.1, 0.15) is 10.5 Å². The molecular formula is C11H10N2O4S2. The molecule has 8 heteroatoms. The van der Waals surface area contributed by atoms with Gasteiger partial charge in [-0.3, -0.25) is 0 Å². The molecule has 0 bridgehead atoms. The van der Waals surface area contributed by atoms with Crippen molar-refractivity contribution < 1.29 is 18.3 Å². The van der Waals surface area contributed by atoms with Crippen LogP contribution in [0, 0.1) is 0 Å². The molecule has 3 N–H and O–H groups in total. The molecule has 2 aromatic rings. The summed E-state index contributed by atoms with van der Waals surface area (Å²) in [5.41, 5.74) is 0.446. The average molecular weight is 298 g/mol. The van der Waals surface area contributed by atoms with E-state index in [1.54, 1.807) is 24.3 Å². The van der Waals surface area contributed by atoms with Crippen LogP contribution in [-0.2, 0) is 10.2 Å². The topological polar surface area (TPSA) is 102 Å². The van der Waals surface area contributed by atoms with E-state index in [1.807, 2.05) is 0 Å². The first-order chi connectivity index (χ1) is 8.80. The van der Waals surface area contributed by atoms with Crippen molar-refractivity contribution in [1.82, 2.24) is 3.97 Å². The van der Waals surface area contributed by atoms with Crippen molar-refractivity contribution in [2.75, 3.05) is 0 Å². The molecule has 19 heavy (non-hydrogen) atoms.